The first-order chi connectivity index (χ1) is 9.04. The number of rotatable bonds is 3. The van der Waals surface area contributed by atoms with Gasteiger partial charge in [-0.2, -0.15) is 0 Å². The van der Waals surface area contributed by atoms with E-state index in [1.54, 1.807) is 0 Å². The summed E-state index contributed by atoms with van der Waals surface area (Å²) in [6, 6.07) is 5.85. The molecule has 1 aliphatic rings. The van der Waals surface area contributed by atoms with Crippen molar-refractivity contribution in [1.82, 2.24) is 5.43 Å². The Bertz CT molecular complexity index is 436. The molecular weight excluding hydrogens is 279 g/mol. The van der Waals surface area contributed by atoms with Crippen LogP contribution in [-0.4, -0.2) is 0 Å². The largest absolute Gasteiger partial charge is 0.271 e. The van der Waals surface area contributed by atoms with Gasteiger partial charge >= 0.3 is 0 Å². The summed E-state index contributed by atoms with van der Waals surface area (Å²) in [6.45, 7) is 4.65. The molecule has 2 rings (SSSR count). The Morgan fingerprint density at radius 1 is 1.21 bits per heavy atom. The van der Waals surface area contributed by atoms with Crippen molar-refractivity contribution in [3.8, 4) is 0 Å². The Morgan fingerprint density at radius 3 is 2.58 bits per heavy atom. The van der Waals surface area contributed by atoms with Crippen LogP contribution in [0.1, 0.15) is 44.7 Å². The fraction of sp³-hybridized carbons (Fsp3) is 0.600. The number of nitrogens with one attached hydrogen (secondary N) is 1. The molecule has 2 nitrogen and oxygen atoms in total. The fourth-order valence-corrected chi connectivity index (χ4v) is 3.56. The summed E-state index contributed by atoms with van der Waals surface area (Å²) in [7, 11) is 0. The molecule has 106 valence electrons. The van der Waals surface area contributed by atoms with Crippen LogP contribution < -0.4 is 11.3 Å². The summed E-state index contributed by atoms with van der Waals surface area (Å²) < 4.78 is 0. The van der Waals surface area contributed by atoms with Crippen LogP contribution in [0.3, 0.4) is 0 Å². The van der Waals surface area contributed by atoms with Gasteiger partial charge in [0.1, 0.15) is 0 Å². The molecule has 0 aliphatic heterocycles. The molecule has 19 heavy (non-hydrogen) atoms. The molecule has 0 radical (unpaired) electrons. The van der Waals surface area contributed by atoms with Crippen molar-refractivity contribution in [2.75, 3.05) is 0 Å². The average Bonchev–Trinajstić information content (AvgIpc) is 2.39. The van der Waals surface area contributed by atoms with Crippen LogP contribution in [-0.2, 0) is 0 Å². The molecular formula is C15H22Cl2N2. The Hall–Kier alpha value is -0.280. The van der Waals surface area contributed by atoms with E-state index in [1.807, 2.05) is 18.2 Å². The minimum Gasteiger partial charge on any atom is -0.271 e. The molecule has 0 spiro atoms. The molecule has 0 aromatic heterocycles. The van der Waals surface area contributed by atoms with E-state index in [-0.39, 0.29) is 6.04 Å². The van der Waals surface area contributed by atoms with E-state index in [0.29, 0.717) is 16.0 Å². The summed E-state index contributed by atoms with van der Waals surface area (Å²) in [4.78, 5) is 0. The normalized spacial score (nSPS) is 29.2. The zero-order valence-electron chi connectivity index (χ0n) is 11.5. The highest BCUT2D eigenvalue weighted by atomic mass is 35.5. The maximum Gasteiger partial charge on any atom is 0.0640 e. The van der Waals surface area contributed by atoms with E-state index in [0.717, 1.165) is 17.4 Å². The Balaban J connectivity index is 2.22. The third-order valence-electron chi connectivity index (χ3n) is 4.61. The first-order valence-electron chi connectivity index (χ1n) is 6.94. The average molecular weight is 301 g/mol. The third-order valence-corrected chi connectivity index (χ3v) is 5.44. The van der Waals surface area contributed by atoms with Crippen LogP contribution in [0, 0.1) is 17.8 Å². The molecule has 1 fully saturated rings. The van der Waals surface area contributed by atoms with Crippen molar-refractivity contribution in [2.45, 2.75) is 39.2 Å². The minimum atomic E-state index is 0.0844. The molecule has 4 atom stereocenters. The highest BCUT2D eigenvalue weighted by Gasteiger charge is 2.31. The summed E-state index contributed by atoms with van der Waals surface area (Å²) >= 11 is 12.4. The van der Waals surface area contributed by atoms with Crippen molar-refractivity contribution in [3.05, 3.63) is 33.8 Å². The summed E-state index contributed by atoms with van der Waals surface area (Å²) in [6.07, 6.45) is 3.62. The number of hydrazine groups is 1. The van der Waals surface area contributed by atoms with Gasteiger partial charge in [0.05, 0.1) is 16.1 Å². The first kappa shape index (κ1) is 15.1. The summed E-state index contributed by atoms with van der Waals surface area (Å²) in [5, 5.41) is 1.22. The molecule has 0 amide bonds. The SMILES string of the molecule is CC1CCC(C(NN)c2cccc(Cl)c2Cl)CC1C. The molecule has 1 saturated carbocycles. The monoisotopic (exact) mass is 300 g/mol. The molecule has 0 heterocycles. The third kappa shape index (κ3) is 3.25. The van der Waals surface area contributed by atoms with Gasteiger partial charge in [0.15, 0.2) is 0 Å². The topological polar surface area (TPSA) is 38.0 Å². The molecule has 1 aromatic rings. The number of benzene rings is 1. The maximum absolute atomic E-state index is 6.32. The lowest BCUT2D eigenvalue weighted by Crippen LogP contribution is -2.37. The van der Waals surface area contributed by atoms with Gasteiger partial charge in [-0.1, -0.05) is 55.6 Å². The van der Waals surface area contributed by atoms with Crippen LogP contribution in [0.5, 0.6) is 0 Å². The van der Waals surface area contributed by atoms with Gasteiger partial charge in [-0.25, -0.2) is 0 Å². The quantitative estimate of drug-likeness (QED) is 0.634. The van der Waals surface area contributed by atoms with Gasteiger partial charge in [0.2, 0.25) is 0 Å². The van der Waals surface area contributed by atoms with Crippen LogP contribution >= 0.6 is 23.2 Å². The summed E-state index contributed by atoms with van der Waals surface area (Å²) in [5.74, 6) is 7.83. The van der Waals surface area contributed by atoms with Crippen LogP contribution in [0.2, 0.25) is 10.0 Å². The maximum atomic E-state index is 6.32. The zero-order valence-corrected chi connectivity index (χ0v) is 13.0. The lowest BCUT2D eigenvalue weighted by atomic mass is 9.72. The molecule has 0 bridgehead atoms. The summed E-state index contributed by atoms with van der Waals surface area (Å²) in [5.41, 5.74) is 3.97. The number of nitrogens with two attached hydrogens (primary N) is 1. The van der Waals surface area contributed by atoms with Crippen LogP contribution in [0.15, 0.2) is 18.2 Å². The predicted molar refractivity (Wildman–Crippen MR) is 82.2 cm³/mol. The van der Waals surface area contributed by atoms with Crippen LogP contribution in [0.4, 0.5) is 0 Å². The Morgan fingerprint density at radius 2 is 1.95 bits per heavy atom. The number of halogens is 2. The molecule has 4 heteroatoms. The highest BCUT2D eigenvalue weighted by molar-refractivity contribution is 6.42. The zero-order chi connectivity index (χ0) is 14.0. The smallest absolute Gasteiger partial charge is 0.0640 e. The van der Waals surface area contributed by atoms with Gasteiger partial charge in [-0.3, -0.25) is 11.3 Å². The molecule has 0 saturated heterocycles. The molecule has 4 unspecified atom stereocenters. The van der Waals surface area contributed by atoms with Gasteiger partial charge in [-0.05, 0) is 42.2 Å². The minimum absolute atomic E-state index is 0.0844. The van der Waals surface area contributed by atoms with E-state index in [1.165, 1.54) is 19.3 Å². The van der Waals surface area contributed by atoms with Crippen LogP contribution in [0.25, 0.3) is 0 Å². The Kier molecular flexibility index (Phi) is 5.13. The first-order valence-corrected chi connectivity index (χ1v) is 7.70. The van der Waals surface area contributed by atoms with E-state index in [2.05, 4.69) is 19.3 Å². The van der Waals surface area contributed by atoms with E-state index < -0.39 is 0 Å². The second kappa shape index (κ2) is 6.45. The number of hydrogen-bond acceptors (Lipinski definition) is 2. The molecule has 1 aromatic carbocycles. The van der Waals surface area contributed by atoms with Gasteiger partial charge < -0.3 is 0 Å². The van der Waals surface area contributed by atoms with Gasteiger partial charge in [-0.15, -0.1) is 0 Å². The Labute approximate surface area is 125 Å². The van der Waals surface area contributed by atoms with Crippen molar-refractivity contribution >= 4 is 23.2 Å². The lowest BCUT2D eigenvalue weighted by Gasteiger charge is -2.37. The second-order valence-corrected chi connectivity index (χ2v) is 6.60. The van der Waals surface area contributed by atoms with Gasteiger partial charge in [0, 0.05) is 0 Å². The fourth-order valence-electron chi connectivity index (χ4n) is 3.13. The van der Waals surface area contributed by atoms with Gasteiger partial charge in [0.25, 0.3) is 0 Å². The van der Waals surface area contributed by atoms with Crippen molar-refractivity contribution in [2.24, 2.45) is 23.6 Å². The van der Waals surface area contributed by atoms with E-state index in [4.69, 9.17) is 29.0 Å². The van der Waals surface area contributed by atoms with E-state index in [9.17, 15) is 0 Å². The predicted octanol–water partition coefficient (Wildman–Crippen LogP) is 4.57. The second-order valence-electron chi connectivity index (χ2n) is 5.82. The van der Waals surface area contributed by atoms with Crippen molar-refractivity contribution in [1.29, 1.82) is 0 Å². The van der Waals surface area contributed by atoms with Crippen molar-refractivity contribution in [3.63, 3.8) is 0 Å². The highest BCUT2D eigenvalue weighted by Crippen LogP contribution is 2.42. The van der Waals surface area contributed by atoms with E-state index >= 15 is 0 Å². The standard InChI is InChI=1S/C15H22Cl2N2/c1-9-6-7-11(8-10(9)2)15(19-18)12-4-3-5-13(16)14(12)17/h3-5,9-11,15,19H,6-8,18H2,1-2H3. The molecule has 1 aliphatic carbocycles. The van der Waals surface area contributed by atoms with Crippen molar-refractivity contribution < 1.29 is 0 Å². The molecule has 3 N–H and O–H groups in total. The number of hydrogen-bond donors (Lipinski definition) is 2. The lowest BCUT2D eigenvalue weighted by molar-refractivity contribution is 0.171.